The van der Waals surface area contributed by atoms with Gasteiger partial charge in [0, 0.05) is 12.3 Å². The molecule has 0 aromatic heterocycles. The average molecular weight is 475 g/mol. The molecule has 0 spiro atoms. The summed E-state index contributed by atoms with van der Waals surface area (Å²) in [4.78, 5) is 51.2. The fraction of sp³-hybridized carbons (Fsp3) is 0.800. The number of nitrogens with zero attached hydrogens (tertiary/aromatic N) is 1. The van der Waals surface area contributed by atoms with E-state index in [4.69, 9.17) is 17.2 Å². The molecule has 4 atom stereocenters. The first kappa shape index (κ1) is 28.1. The number of rotatable bonds is 15. The molecule has 0 bridgehead atoms. The smallest absolute Gasteiger partial charge is 0.326 e. The third-order valence-electron chi connectivity index (χ3n) is 5.50. The Labute approximate surface area is 194 Å². The number of nitrogens with one attached hydrogen (secondary N) is 2. The Morgan fingerprint density at radius 3 is 2.06 bits per heavy atom. The van der Waals surface area contributed by atoms with Crippen LogP contribution in [0.25, 0.3) is 0 Å². The number of hydrogen-bond donors (Lipinski definition) is 7. The largest absolute Gasteiger partial charge is 0.480 e. The Bertz CT molecular complexity index is 638. The highest BCUT2D eigenvalue weighted by atomic mass is 32.1. The molecule has 3 amide bonds. The number of likely N-dealkylation sites (tertiary alicyclic amines) is 1. The molecule has 11 nitrogen and oxygen atoms in total. The van der Waals surface area contributed by atoms with Crippen LogP contribution in [0.3, 0.4) is 0 Å². The maximum atomic E-state index is 13.1. The molecule has 1 fully saturated rings. The van der Waals surface area contributed by atoms with Gasteiger partial charge in [-0.15, -0.1) is 0 Å². The number of hydrogen-bond acceptors (Lipinski definition) is 8. The zero-order chi connectivity index (χ0) is 24.1. The lowest BCUT2D eigenvalue weighted by molar-refractivity contribution is -0.149. The van der Waals surface area contributed by atoms with Gasteiger partial charge in [-0.3, -0.25) is 14.4 Å². The quantitative estimate of drug-likeness (QED) is 0.111. The van der Waals surface area contributed by atoms with Crippen LogP contribution in [-0.2, 0) is 19.2 Å². The Kier molecular flexibility index (Phi) is 13.2. The van der Waals surface area contributed by atoms with E-state index in [1.165, 1.54) is 4.90 Å². The molecule has 1 aliphatic heterocycles. The summed E-state index contributed by atoms with van der Waals surface area (Å²) in [6, 6.07) is -3.56. The maximum absolute atomic E-state index is 13.1. The van der Waals surface area contributed by atoms with Crippen LogP contribution in [0.15, 0.2) is 0 Å². The summed E-state index contributed by atoms with van der Waals surface area (Å²) in [5, 5.41) is 14.8. The zero-order valence-corrected chi connectivity index (χ0v) is 19.4. The van der Waals surface area contributed by atoms with Gasteiger partial charge in [-0.2, -0.15) is 12.6 Å². The minimum atomic E-state index is -1.06. The highest BCUT2D eigenvalue weighted by molar-refractivity contribution is 7.80. The number of thiol groups is 1. The fourth-order valence-corrected chi connectivity index (χ4v) is 3.80. The predicted octanol–water partition coefficient (Wildman–Crippen LogP) is -1.45. The van der Waals surface area contributed by atoms with Gasteiger partial charge in [0.15, 0.2) is 0 Å². The van der Waals surface area contributed by atoms with Crippen molar-refractivity contribution in [2.75, 3.05) is 25.4 Å². The highest BCUT2D eigenvalue weighted by Gasteiger charge is 2.38. The number of carboxylic acid groups (broad SMARTS) is 1. The molecule has 0 radical (unpaired) electrons. The van der Waals surface area contributed by atoms with Crippen molar-refractivity contribution in [3.8, 4) is 0 Å². The Hall–Kier alpha value is -1.89. The van der Waals surface area contributed by atoms with E-state index in [-0.39, 0.29) is 5.75 Å². The lowest BCUT2D eigenvalue weighted by atomic mass is 10.0. The van der Waals surface area contributed by atoms with Crippen molar-refractivity contribution in [1.82, 2.24) is 15.5 Å². The van der Waals surface area contributed by atoms with E-state index in [0.29, 0.717) is 71.0 Å². The van der Waals surface area contributed by atoms with Crippen LogP contribution in [0.2, 0.25) is 0 Å². The summed E-state index contributed by atoms with van der Waals surface area (Å²) in [5.41, 5.74) is 16.8. The average Bonchev–Trinajstić information content (AvgIpc) is 3.27. The Balaban J connectivity index is 2.95. The Morgan fingerprint density at radius 2 is 1.53 bits per heavy atom. The SMILES string of the molecule is NCCCCC(NC(=O)C(N)CS)C(=O)NC(CCCCN)C(=O)N1CCCC1C(=O)O. The van der Waals surface area contributed by atoms with Gasteiger partial charge in [-0.25, -0.2) is 4.79 Å². The number of aliphatic carboxylic acids is 1. The third-order valence-corrected chi connectivity index (χ3v) is 5.89. The van der Waals surface area contributed by atoms with E-state index in [2.05, 4.69) is 23.3 Å². The number of carbonyl (C=O) groups excluding carboxylic acids is 3. The molecule has 0 saturated carbocycles. The zero-order valence-electron chi connectivity index (χ0n) is 18.5. The number of amides is 3. The molecule has 1 aliphatic rings. The minimum absolute atomic E-state index is 0.120. The van der Waals surface area contributed by atoms with Crippen molar-refractivity contribution in [2.45, 2.75) is 75.5 Å². The molecule has 0 aliphatic carbocycles. The number of carbonyl (C=O) groups is 4. The molecule has 12 heteroatoms. The molecule has 4 unspecified atom stereocenters. The fourth-order valence-electron chi connectivity index (χ4n) is 3.63. The van der Waals surface area contributed by atoms with E-state index < -0.39 is 47.9 Å². The van der Waals surface area contributed by atoms with E-state index >= 15 is 0 Å². The molecule has 1 saturated heterocycles. The van der Waals surface area contributed by atoms with Crippen LogP contribution in [0.1, 0.15) is 51.4 Å². The van der Waals surface area contributed by atoms with Gasteiger partial charge >= 0.3 is 5.97 Å². The third kappa shape index (κ3) is 8.93. The van der Waals surface area contributed by atoms with Crippen molar-refractivity contribution in [1.29, 1.82) is 0 Å². The first-order chi connectivity index (χ1) is 15.3. The number of carboxylic acids is 1. The maximum Gasteiger partial charge on any atom is 0.326 e. The first-order valence-corrected chi connectivity index (χ1v) is 11.8. The standard InChI is InChI=1S/C20H38N6O5S/c21-9-3-1-6-14(24-17(27)13(23)12-32)18(28)25-15(7-2-4-10-22)19(29)26-11-5-8-16(26)20(30)31/h13-16,32H,1-12,21-23H2,(H,24,27)(H,25,28)(H,30,31). The van der Waals surface area contributed by atoms with Crippen molar-refractivity contribution in [3.05, 3.63) is 0 Å². The number of nitrogens with two attached hydrogens (primary N) is 3. The van der Waals surface area contributed by atoms with Gasteiger partial charge in [-0.1, -0.05) is 0 Å². The summed E-state index contributed by atoms with van der Waals surface area (Å²) >= 11 is 4.01. The summed E-state index contributed by atoms with van der Waals surface area (Å²) in [5.74, 6) is -2.40. The highest BCUT2D eigenvalue weighted by Crippen LogP contribution is 2.20. The summed E-state index contributed by atoms with van der Waals surface area (Å²) in [7, 11) is 0. The molecule has 1 heterocycles. The first-order valence-electron chi connectivity index (χ1n) is 11.2. The lowest BCUT2D eigenvalue weighted by Gasteiger charge is -2.29. The van der Waals surface area contributed by atoms with Gasteiger partial charge in [-0.05, 0) is 64.5 Å². The molecule has 0 aromatic carbocycles. The van der Waals surface area contributed by atoms with Crippen LogP contribution in [0.4, 0.5) is 0 Å². The van der Waals surface area contributed by atoms with Crippen LogP contribution in [0.5, 0.6) is 0 Å². The van der Waals surface area contributed by atoms with E-state index in [1.807, 2.05) is 0 Å². The predicted molar refractivity (Wildman–Crippen MR) is 124 cm³/mol. The van der Waals surface area contributed by atoms with Gasteiger partial charge in [0.2, 0.25) is 17.7 Å². The molecule has 184 valence electrons. The normalized spacial score (nSPS) is 18.6. The molecule has 9 N–H and O–H groups in total. The minimum Gasteiger partial charge on any atom is -0.480 e. The molecule has 1 rings (SSSR count). The molecule has 32 heavy (non-hydrogen) atoms. The van der Waals surface area contributed by atoms with Crippen molar-refractivity contribution < 1.29 is 24.3 Å². The second-order valence-corrected chi connectivity index (χ2v) is 8.37. The van der Waals surface area contributed by atoms with Gasteiger partial charge in [0.05, 0.1) is 6.04 Å². The monoisotopic (exact) mass is 474 g/mol. The van der Waals surface area contributed by atoms with Crippen LogP contribution < -0.4 is 27.8 Å². The summed E-state index contributed by atoms with van der Waals surface area (Å²) in [6.45, 7) is 1.21. The van der Waals surface area contributed by atoms with Crippen LogP contribution >= 0.6 is 12.6 Å². The van der Waals surface area contributed by atoms with E-state index in [0.717, 1.165) is 0 Å². The topological polar surface area (TPSA) is 194 Å². The van der Waals surface area contributed by atoms with E-state index in [9.17, 15) is 24.3 Å². The molecule has 0 aromatic rings. The summed E-state index contributed by atoms with van der Waals surface area (Å²) in [6.07, 6.45) is 4.15. The van der Waals surface area contributed by atoms with Gasteiger partial charge in [0.25, 0.3) is 0 Å². The van der Waals surface area contributed by atoms with Crippen LogP contribution in [0, 0.1) is 0 Å². The second kappa shape index (κ2) is 15.0. The van der Waals surface area contributed by atoms with Crippen molar-refractivity contribution >= 4 is 36.3 Å². The molecular weight excluding hydrogens is 436 g/mol. The summed E-state index contributed by atoms with van der Waals surface area (Å²) < 4.78 is 0. The second-order valence-electron chi connectivity index (χ2n) is 8.01. The van der Waals surface area contributed by atoms with Crippen molar-refractivity contribution in [3.63, 3.8) is 0 Å². The van der Waals surface area contributed by atoms with Gasteiger partial charge in [0.1, 0.15) is 18.1 Å². The van der Waals surface area contributed by atoms with E-state index in [1.54, 1.807) is 0 Å². The van der Waals surface area contributed by atoms with Crippen LogP contribution in [-0.4, -0.2) is 83.3 Å². The van der Waals surface area contributed by atoms with Gasteiger partial charge < -0.3 is 37.8 Å². The van der Waals surface area contributed by atoms with Crippen molar-refractivity contribution in [2.24, 2.45) is 17.2 Å². The molecular formula is C20H38N6O5S. The lowest BCUT2D eigenvalue weighted by Crippen LogP contribution is -2.57. The Morgan fingerprint density at radius 1 is 0.969 bits per heavy atom. The number of unbranched alkanes of at least 4 members (excludes halogenated alkanes) is 2.